The lowest BCUT2D eigenvalue weighted by Crippen LogP contribution is -2.04. The van der Waals surface area contributed by atoms with Gasteiger partial charge in [-0.3, -0.25) is 4.79 Å². The molecule has 0 spiro atoms. The third kappa shape index (κ3) is 3.73. The molecule has 0 saturated carbocycles. The first kappa shape index (κ1) is 14.9. The first-order valence-electron chi connectivity index (χ1n) is 5.83. The molecule has 0 aliphatic carbocycles. The Morgan fingerprint density at radius 2 is 2.00 bits per heavy atom. The molecule has 0 amide bonds. The fraction of sp³-hybridized carbons (Fsp3) is 0.0714. The van der Waals surface area contributed by atoms with Crippen LogP contribution in [-0.4, -0.2) is 26.9 Å². The van der Waals surface area contributed by atoms with E-state index in [1.54, 1.807) is 18.2 Å². The zero-order valence-corrected chi connectivity index (χ0v) is 11.4. The summed E-state index contributed by atoms with van der Waals surface area (Å²) in [4.78, 5) is 26.1. The molecule has 2 N–H and O–H groups in total. The van der Waals surface area contributed by atoms with Crippen molar-refractivity contribution < 1.29 is 24.2 Å². The fourth-order valence-corrected chi connectivity index (χ4v) is 2.38. The summed E-state index contributed by atoms with van der Waals surface area (Å²) in [6.07, 6.45) is 0.823. The van der Waals surface area contributed by atoms with E-state index in [2.05, 4.69) is 4.98 Å². The smallest absolute Gasteiger partial charge is 0.371 e. The Morgan fingerprint density at radius 3 is 2.67 bits per heavy atom. The van der Waals surface area contributed by atoms with Gasteiger partial charge in [0.15, 0.2) is 0 Å². The average Bonchev–Trinajstić information content (AvgIpc) is 2.90. The number of benzene rings is 1. The van der Waals surface area contributed by atoms with Gasteiger partial charge in [-0.15, -0.1) is 11.3 Å². The van der Waals surface area contributed by atoms with Crippen molar-refractivity contribution in [1.82, 2.24) is 4.98 Å². The molecule has 7 heteroatoms. The third-order valence-corrected chi connectivity index (χ3v) is 3.44. The van der Waals surface area contributed by atoms with Gasteiger partial charge in [-0.1, -0.05) is 18.2 Å². The topological polar surface area (TPSA) is 87.5 Å². The van der Waals surface area contributed by atoms with Crippen LogP contribution in [0.3, 0.4) is 0 Å². The van der Waals surface area contributed by atoms with Crippen molar-refractivity contribution in [3.05, 3.63) is 63.6 Å². The van der Waals surface area contributed by atoms with Gasteiger partial charge in [0.2, 0.25) is 11.5 Å². The first-order valence-corrected chi connectivity index (χ1v) is 6.71. The zero-order chi connectivity index (χ0) is 15.4. The van der Waals surface area contributed by atoms with Crippen molar-refractivity contribution >= 4 is 23.1 Å². The Kier molecular flexibility index (Phi) is 4.44. The molecule has 0 unspecified atom stereocenters. The van der Waals surface area contributed by atoms with Crippen molar-refractivity contribution in [2.45, 2.75) is 6.42 Å². The second-order valence-corrected chi connectivity index (χ2v) is 5.04. The molecule has 0 aliphatic rings. The Morgan fingerprint density at radius 1 is 1.29 bits per heavy atom. The number of aromatic nitrogens is 1. The number of hydrogen-bond donors (Lipinski definition) is 2. The summed E-state index contributed by atoms with van der Waals surface area (Å²) >= 11 is 1.16. The molecule has 1 heterocycles. The number of aliphatic hydroxyl groups excluding tert-OH is 1. The Hall–Kier alpha value is -2.54. The largest absolute Gasteiger partial charge is 0.502 e. The van der Waals surface area contributed by atoms with Crippen LogP contribution < -0.4 is 0 Å². The Balaban J connectivity index is 2.15. The molecule has 0 atom stereocenters. The summed E-state index contributed by atoms with van der Waals surface area (Å²) in [5.74, 6) is -3.72. The minimum Gasteiger partial charge on any atom is -0.502 e. The van der Waals surface area contributed by atoms with Crippen molar-refractivity contribution in [1.29, 1.82) is 0 Å². The van der Waals surface area contributed by atoms with E-state index >= 15 is 0 Å². The quantitative estimate of drug-likeness (QED) is 0.503. The van der Waals surface area contributed by atoms with E-state index < -0.39 is 17.5 Å². The summed E-state index contributed by atoms with van der Waals surface area (Å²) in [5, 5.41) is 19.4. The molecular weight excluding hydrogens is 297 g/mol. The second kappa shape index (κ2) is 6.27. The van der Waals surface area contributed by atoms with Gasteiger partial charge < -0.3 is 10.2 Å². The third-order valence-electron chi connectivity index (χ3n) is 2.59. The van der Waals surface area contributed by atoms with Gasteiger partial charge in [0.25, 0.3) is 0 Å². The van der Waals surface area contributed by atoms with Gasteiger partial charge in [0.05, 0.1) is 5.01 Å². The maximum Gasteiger partial charge on any atom is 0.371 e. The van der Waals surface area contributed by atoms with Gasteiger partial charge in [0.1, 0.15) is 11.5 Å². The van der Waals surface area contributed by atoms with E-state index in [4.69, 9.17) is 10.2 Å². The molecule has 108 valence electrons. The predicted molar refractivity (Wildman–Crippen MR) is 74.0 cm³/mol. The van der Waals surface area contributed by atoms with Crippen LogP contribution in [0.4, 0.5) is 4.39 Å². The molecule has 0 radical (unpaired) electrons. The van der Waals surface area contributed by atoms with E-state index in [1.165, 1.54) is 11.4 Å². The number of carbonyl (C=O) groups is 2. The number of carbonyl (C=O) groups excluding carboxylic acids is 1. The van der Waals surface area contributed by atoms with Gasteiger partial charge in [-0.25, -0.2) is 14.2 Å². The number of thiazole rings is 1. The summed E-state index contributed by atoms with van der Waals surface area (Å²) in [7, 11) is 0. The lowest BCUT2D eigenvalue weighted by atomic mass is 10.1. The summed E-state index contributed by atoms with van der Waals surface area (Å²) in [6, 6.07) is 6.23. The Bertz CT molecular complexity index is 723. The molecule has 21 heavy (non-hydrogen) atoms. The van der Waals surface area contributed by atoms with Crippen LogP contribution >= 0.6 is 11.3 Å². The van der Waals surface area contributed by atoms with Crippen molar-refractivity contribution in [3.63, 3.8) is 0 Å². The van der Waals surface area contributed by atoms with Crippen LogP contribution in [0.25, 0.3) is 0 Å². The molecule has 0 bridgehead atoms. The highest BCUT2D eigenvalue weighted by molar-refractivity contribution is 7.09. The standard InChI is InChI=1S/C14H10FNO4S/c15-9-4-2-1-3-8(9)5-13-16-10(7-21-13)11(17)6-12(18)14(19)20/h1-4,6-7,18H,5H2,(H,19,20). The number of allylic oxidation sites excluding steroid dienone is 1. The molecular formula is C14H10FNO4S. The number of carboxylic acid groups (broad SMARTS) is 1. The molecule has 2 rings (SSSR count). The summed E-state index contributed by atoms with van der Waals surface area (Å²) < 4.78 is 13.5. The zero-order valence-electron chi connectivity index (χ0n) is 10.6. The highest BCUT2D eigenvalue weighted by Crippen LogP contribution is 2.17. The number of halogens is 1. The SMILES string of the molecule is O=C(O)C(O)=CC(=O)c1csc(Cc2ccccc2F)n1. The minimum atomic E-state index is -1.59. The van der Waals surface area contributed by atoms with Crippen molar-refractivity contribution in [2.75, 3.05) is 0 Å². The number of rotatable bonds is 5. The van der Waals surface area contributed by atoms with Gasteiger partial charge in [0, 0.05) is 17.9 Å². The fourth-order valence-electron chi connectivity index (χ4n) is 1.57. The molecule has 0 fully saturated rings. The average molecular weight is 307 g/mol. The maximum absolute atomic E-state index is 13.5. The van der Waals surface area contributed by atoms with Crippen molar-refractivity contribution in [3.8, 4) is 0 Å². The van der Waals surface area contributed by atoms with E-state index in [-0.39, 0.29) is 17.9 Å². The minimum absolute atomic E-state index is 0.0131. The molecule has 1 aromatic heterocycles. The number of carboxylic acids is 1. The van der Waals surface area contributed by atoms with Gasteiger partial charge >= 0.3 is 5.97 Å². The molecule has 1 aromatic carbocycles. The molecule has 0 saturated heterocycles. The van der Waals surface area contributed by atoms with Crippen LogP contribution in [-0.2, 0) is 11.2 Å². The summed E-state index contributed by atoms with van der Waals surface area (Å²) in [6.45, 7) is 0. The monoisotopic (exact) mass is 307 g/mol. The number of aliphatic carboxylic acids is 1. The predicted octanol–water partition coefficient (Wildman–Crippen LogP) is 2.58. The van der Waals surface area contributed by atoms with Gasteiger partial charge in [-0.05, 0) is 11.6 Å². The number of aliphatic hydroxyl groups is 1. The van der Waals surface area contributed by atoms with Gasteiger partial charge in [-0.2, -0.15) is 0 Å². The molecule has 5 nitrogen and oxygen atoms in total. The second-order valence-electron chi connectivity index (χ2n) is 4.09. The summed E-state index contributed by atoms with van der Waals surface area (Å²) in [5.41, 5.74) is 0.467. The van der Waals surface area contributed by atoms with Crippen LogP contribution in [0.2, 0.25) is 0 Å². The van der Waals surface area contributed by atoms with E-state index in [9.17, 15) is 14.0 Å². The van der Waals surface area contributed by atoms with Crippen LogP contribution in [0.1, 0.15) is 21.1 Å². The lowest BCUT2D eigenvalue weighted by molar-refractivity contribution is -0.135. The van der Waals surface area contributed by atoms with E-state index in [0.717, 1.165) is 11.3 Å². The van der Waals surface area contributed by atoms with Crippen LogP contribution in [0, 0.1) is 5.82 Å². The van der Waals surface area contributed by atoms with Crippen LogP contribution in [0.5, 0.6) is 0 Å². The Labute approximate surface area is 123 Å². The number of ketones is 1. The lowest BCUT2D eigenvalue weighted by Gasteiger charge is -1.99. The molecule has 0 aliphatic heterocycles. The molecule has 2 aromatic rings. The first-order chi connectivity index (χ1) is 9.97. The van der Waals surface area contributed by atoms with Crippen LogP contribution in [0.15, 0.2) is 41.5 Å². The maximum atomic E-state index is 13.5. The van der Waals surface area contributed by atoms with E-state index in [1.807, 2.05) is 0 Å². The highest BCUT2D eigenvalue weighted by Gasteiger charge is 2.13. The van der Waals surface area contributed by atoms with Crippen molar-refractivity contribution in [2.24, 2.45) is 0 Å². The number of nitrogens with zero attached hydrogens (tertiary/aromatic N) is 1. The van der Waals surface area contributed by atoms with E-state index in [0.29, 0.717) is 16.6 Å². The normalized spacial score (nSPS) is 11.4. The number of hydrogen-bond acceptors (Lipinski definition) is 5. The highest BCUT2D eigenvalue weighted by atomic mass is 32.1.